The van der Waals surface area contributed by atoms with Crippen molar-refractivity contribution in [2.45, 2.75) is 13.3 Å². The minimum absolute atomic E-state index is 0.734. The molecule has 0 aliphatic heterocycles. The van der Waals surface area contributed by atoms with E-state index in [0.717, 1.165) is 26.2 Å². The summed E-state index contributed by atoms with van der Waals surface area (Å²) < 4.78 is 0. The molecule has 68 valence electrons. The first kappa shape index (κ1) is 10.9. The maximum atomic E-state index is 5.33. The van der Waals surface area contributed by atoms with Gasteiger partial charge in [0.2, 0.25) is 0 Å². The maximum absolute atomic E-state index is 5.33. The van der Waals surface area contributed by atoms with Gasteiger partial charge in [0.15, 0.2) is 0 Å². The number of hydrogen-bond donors (Lipinski definition) is 2. The summed E-state index contributed by atoms with van der Waals surface area (Å²) in [5, 5.41) is 3.26. The van der Waals surface area contributed by atoms with E-state index in [1.807, 2.05) is 0 Å². The smallest absolute Gasteiger partial charge is 0.0104 e. The van der Waals surface area contributed by atoms with Crippen molar-refractivity contribution in [3.63, 3.8) is 0 Å². The van der Waals surface area contributed by atoms with E-state index >= 15 is 0 Å². The molecule has 3 heteroatoms. The summed E-state index contributed by atoms with van der Waals surface area (Å²) in [6, 6.07) is 0. The molecule has 0 unspecified atom stereocenters. The molecule has 0 saturated carbocycles. The van der Waals surface area contributed by atoms with E-state index in [2.05, 4.69) is 24.2 Å². The molecule has 0 aliphatic carbocycles. The monoisotopic (exact) mass is 159 g/mol. The predicted octanol–water partition coefficient (Wildman–Crippen LogP) is -0.123. The van der Waals surface area contributed by atoms with E-state index in [9.17, 15) is 0 Å². The first-order valence-corrected chi connectivity index (χ1v) is 4.40. The van der Waals surface area contributed by atoms with Gasteiger partial charge in [-0.15, -0.1) is 0 Å². The Bertz CT molecular complexity index is 75.7. The largest absolute Gasteiger partial charge is 0.329 e. The van der Waals surface area contributed by atoms with Gasteiger partial charge in [0, 0.05) is 26.2 Å². The lowest BCUT2D eigenvalue weighted by atomic mass is 10.4. The highest BCUT2D eigenvalue weighted by Crippen LogP contribution is 1.83. The minimum Gasteiger partial charge on any atom is -0.329 e. The van der Waals surface area contributed by atoms with Gasteiger partial charge in [0.1, 0.15) is 0 Å². The molecule has 0 radical (unpaired) electrons. The van der Waals surface area contributed by atoms with Crippen LogP contribution in [0, 0.1) is 0 Å². The predicted molar refractivity (Wildman–Crippen MR) is 49.7 cm³/mol. The minimum atomic E-state index is 0.734. The SMILES string of the molecule is CCCN(C)CCNCCN. The van der Waals surface area contributed by atoms with Crippen LogP contribution in [-0.2, 0) is 0 Å². The van der Waals surface area contributed by atoms with Crippen LogP contribution in [0.2, 0.25) is 0 Å². The van der Waals surface area contributed by atoms with Gasteiger partial charge in [-0.25, -0.2) is 0 Å². The molecule has 0 bridgehead atoms. The molecule has 3 N–H and O–H groups in total. The number of rotatable bonds is 7. The van der Waals surface area contributed by atoms with Crippen molar-refractivity contribution in [2.24, 2.45) is 5.73 Å². The molecule has 0 spiro atoms. The van der Waals surface area contributed by atoms with Crippen LogP contribution in [0.15, 0.2) is 0 Å². The Morgan fingerprint density at radius 1 is 1.27 bits per heavy atom. The zero-order chi connectivity index (χ0) is 8.53. The van der Waals surface area contributed by atoms with E-state index in [-0.39, 0.29) is 0 Å². The molecule has 0 rings (SSSR count). The summed E-state index contributed by atoms with van der Waals surface area (Å²) in [6.45, 7) is 7.22. The van der Waals surface area contributed by atoms with Crippen LogP contribution in [0.5, 0.6) is 0 Å². The van der Waals surface area contributed by atoms with Crippen LogP contribution in [0.4, 0.5) is 0 Å². The van der Waals surface area contributed by atoms with Gasteiger partial charge < -0.3 is 16.0 Å². The van der Waals surface area contributed by atoms with Gasteiger partial charge in [0.05, 0.1) is 0 Å². The summed E-state index contributed by atoms with van der Waals surface area (Å²) in [4.78, 5) is 2.32. The van der Waals surface area contributed by atoms with E-state index in [1.165, 1.54) is 13.0 Å². The van der Waals surface area contributed by atoms with E-state index in [1.54, 1.807) is 0 Å². The Balaban J connectivity index is 2.97. The fourth-order valence-electron chi connectivity index (χ4n) is 0.991. The molecule has 0 aromatic rings. The third-order valence-corrected chi connectivity index (χ3v) is 1.60. The quantitative estimate of drug-likeness (QED) is 0.509. The molecule has 0 aliphatic rings. The van der Waals surface area contributed by atoms with Crippen molar-refractivity contribution < 1.29 is 0 Å². The molecular formula is C8H21N3. The Morgan fingerprint density at radius 3 is 2.55 bits per heavy atom. The fraction of sp³-hybridized carbons (Fsp3) is 1.00. The Labute approximate surface area is 69.9 Å². The average molecular weight is 159 g/mol. The van der Waals surface area contributed by atoms with Crippen LogP contribution in [-0.4, -0.2) is 44.7 Å². The van der Waals surface area contributed by atoms with Gasteiger partial charge in [-0.2, -0.15) is 0 Å². The Morgan fingerprint density at radius 2 is 2.00 bits per heavy atom. The van der Waals surface area contributed by atoms with Gasteiger partial charge in [-0.3, -0.25) is 0 Å². The van der Waals surface area contributed by atoms with Crippen molar-refractivity contribution >= 4 is 0 Å². The highest BCUT2D eigenvalue weighted by Gasteiger charge is 1.93. The van der Waals surface area contributed by atoms with E-state index in [0.29, 0.717) is 0 Å². The highest BCUT2D eigenvalue weighted by molar-refractivity contribution is 4.53. The fourth-order valence-corrected chi connectivity index (χ4v) is 0.991. The summed E-state index contributed by atoms with van der Waals surface area (Å²) in [5.41, 5.74) is 5.33. The lowest BCUT2D eigenvalue weighted by Crippen LogP contribution is -2.32. The lowest BCUT2D eigenvalue weighted by Gasteiger charge is -2.15. The molecule has 3 nitrogen and oxygen atoms in total. The summed E-state index contributed by atoms with van der Waals surface area (Å²) >= 11 is 0. The van der Waals surface area contributed by atoms with Crippen molar-refractivity contribution in [3.8, 4) is 0 Å². The van der Waals surface area contributed by atoms with Crippen molar-refractivity contribution in [1.29, 1.82) is 0 Å². The molecule has 0 aromatic carbocycles. The molecule has 0 atom stereocenters. The van der Waals surface area contributed by atoms with Gasteiger partial charge >= 0.3 is 0 Å². The lowest BCUT2D eigenvalue weighted by molar-refractivity contribution is 0.333. The van der Waals surface area contributed by atoms with Crippen molar-refractivity contribution in [2.75, 3.05) is 39.8 Å². The Kier molecular flexibility index (Phi) is 7.89. The molecule has 0 amide bonds. The number of hydrogen-bond acceptors (Lipinski definition) is 3. The molecule has 0 fully saturated rings. The number of nitrogens with zero attached hydrogens (tertiary/aromatic N) is 1. The molecule has 0 aromatic heterocycles. The summed E-state index contributed by atoms with van der Waals surface area (Å²) in [6.07, 6.45) is 1.23. The summed E-state index contributed by atoms with van der Waals surface area (Å²) in [7, 11) is 2.15. The van der Waals surface area contributed by atoms with E-state index in [4.69, 9.17) is 5.73 Å². The number of nitrogens with one attached hydrogen (secondary N) is 1. The van der Waals surface area contributed by atoms with Gasteiger partial charge in [-0.1, -0.05) is 6.92 Å². The second-order valence-corrected chi connectivity index (χ2v) is 2.84. The standard InChI is InChI=1S/C8H21N3/c1-3-7-11(2)8-6-10-5-4-9/h10H,3-9H2,1-2H3. The molecule has 11 heavy (non-hydrogen) atoms. The van der Waals surface area contributed by atoms with Gasteiger partial charge in [-0.05, 0) is 20.0 Å². The van der Waals surface area contributed by atoms with Crippen LogP contribution in [0.1, 0.15) is 13.3 Å². The van der Waals surface area contributed by atoms with Crippen LogP contribution >= 0.6 is 0 Å². The second kappa shape index (κ2) is 7.98. The zero-order valence-electron chi connectivity index (χ0n) is 7.77. The zero-order valence-corrected chi connectivity index (χ0v) is 7.77. The van der Waals surface area contributed by atoms with Crippen molar-refractivity contribution in [1.82, 2.24) is 10.2 Å². The molecular weight excluding hydrogens is 138 g/mol. The van der Waals surface area contributed by atoms with Crippen molar-refractivity contribution in [3.05, 3.63) is 0 Å². The number of likely N-dealkylation sites (N-methyl/N-ethyl adjacent to an activating group) is 1. The van der Waals surface area contributed by atoms with Crippen LogP contribution in [0.3, 0.4) is 0 Å². The topological polar surface area (TPSA) is 41.3 Å². The average Bonchev–Trinajstić information content (AvgIpc) is 1.99. The van der Waals surface area contributed by atoms with Crippen LogP contribution < -0.4 is 11.1 Å². The Hall–Kier alpha value is -0.120. The number of nitrogens with two attached hydrogens (primary N) is 1. The van der Waals surface area contributed by atoms with E-state index < -0.39 is 0 Å². The first-order valence-electron chi connectivity index (χ1n) is 4.40. The maximum Gasteiger partial charge on any atom is 0.0104 e. The van der Waals surface area contributed by atoms with Crippen LogP contribution in [0.25, 0.3) is 0 Å². The third-order valence-electron chi connectivity index (χ3n) is 1.60. The molecule has 0 saturated heterocycles. The summed E-state index contributed by atoms with van der Waals surface area (Å²) in [5.74, 6) is 0. The van der Waals surface area contributed by atoms with Gasteiger partial charge in [0.25, 0.3) is 0 Å². The highest BCUT2D eigenvalue weighted by atomic mass is 15.1. The molecule has 0 heterocycles. The first-order chi connectivity index (χ1) is 5.31. The normalized spacial score (nSPS) is 10.9. The second-order valence-electron chi connectivity index (χ2n) is 2.84. The third kappa shape index (κ3) is 7.78.